The van der Waals surface area contributed by atoms with Gasteiger partial charge in [0.15, 0.2) is 5.78 Å². The summed E-state index contributed by atoms with van der Waals surface area (Å²) in [5.74, 6) is -0.191. The maximum Gasteiger partial charge on any atom is 0.338 e. The second kappa shape index (κ2) is 14.5. The second-order valence-electron chi connectivity index (χ2n) is 6.72. The summed E-state index contributed by atoms with van der Waals surface area (Å²) in [6.45, 7) is 2.21. The molecule has 0 heterocycles. The molecule has 3 aromatic rings. The van der Waals surface area contributed by atoms with Crippen LogP contribution in [0.25, 0.3) is 0 Å². The monoisotopic (exact) mass is 420 g/mol. The van der Waals surface area contributed by atoms with E-state index >= 15 is 0 Å². The number of nitrogens with zero attached hydrogens (tertiary/aromatic N) is 1. The van der Waals surface area contributed by atoms with Crippen molar-refractivity contribution in [1.29, 1.82) is 0 Å². The third kappa shape index (κ3) is 9.28. The molecule has 1 N–H and O–H groups in total. The first kappa shape index (κ1) is 25.6. The van der Waals surface area contributed by atoms with E-state index in [0.717, 1.165) is 16.8 Å². The number of rotatable bonds is 5. The summed E-state index contributed by atoms with van der Waals surface area (Å²) in [6, 6.07) is 25.9. The summed E-state index contributed by atoms with van der Waals surface area (Å²) in [7, 11) is 7.67. The van der Waals surface area contributed by atoms with Crippen LogP contribution in [0.4, 0.5) is 5.69 Å². The van der Waals surface area contributed by atoms with Crippen molar-refractivity contribution in [3.8, 4) is 0 Å². The van der Waals surface area contributed by atoms with Crippen LogP contribution < -0.4 is 10.2 Å². The average Bonchev–Trinajstić information content (AvgIpc) is 2.81. The zero-order valence-electron chi connectivity index (χ0n) is 19.0. The van der Waals surface area contributed by atoms with E-state index in [1.165, 1.54) is 0 Å². The topological polar surface area (TPSA) is 58.6 Å². The molecule has 0 aliphatic heterocycles. The summed E-state index contributed by atoms with van der Waals surface area (Å²) in [4.78, 5) is 25.1. The van der Waals surface area contributed by atoms with Crippen molar-refractivity contribution in [3.05, 3.63) is 102 Å². The number of ether oxygens (including phenoxy) is 1. The number of ketones is 1. The SMILES string of the molecule is CCOC(=O)c1ccc(N(C)C)cc1.CNC.O=C(c1ccccc1)c1ccccc1. The molecule has 0 spiro atoms. The Kier molecular flexibility index (Phi) is 12.0. The molecule has 5 nitrogen and oxygen atoms in total. The van der Waals surface area contributed by atoms with Crippen molar-refractivity contribution < 1.29 is 14.3 Å². The Labute approximate surface area is 185 Å². The molecule has 0 bridgehead atoms. The fourth-order valence-electron chi connectivity index (χ4n) is 2.46. The molecule has 0 fully saturated rings. The Morgan fingerprint density at radius 2 is 1.16 bits per heavy atom. The number of anilines is 1. The van der Waals surface area contributed by atoms with E-state index in [1.54, 1.807) is 19.1 Å². The molecule has 5 heteroatoms. The minimum Gasteiger partial charge on any atom is -0.462 e. The van der Waals surface area contributed by atoms with Crippen LogP contribution in [0.2, 0.25) is 0 Å². The van der Waals surface area contributed by atoms with Crippen LogP contribution in [0.15, 0.2) is 84.9 Å². The maximum absolute atomic E-state index is 11.8. The Morgan fingerprint density at radius 1 is 0.742 bits per heavy atom. The number of carbonyl (C=O) groups excluding carboxylic acids is 2. The van der Waals surface area contributed by atoms with E-state index in [1.807, 2.05) is 106 Å². The van der Waals surface area contributed by atoms with Gasteiger partial charge in [-0.2, -0.15) is 0 Å². The first-order valence-electron chi connectivity index (χ1n) is 10.1. The highest BCUT2D eigenvalue weighted by Crippen LogP contribution is 2.12. The van der Waals surface area contributed by atoms with Gasteiger partial charge in [-0.05, 0) is 45.3 Å². The van der Waals surface area contributed by atoms with Crippen LogP contribution in [0, 0.1) is 0 Å². The third-order valence-electron chi connectivity index (χ3n) is 3.97. The van der Waals surface area contributed by atoms with Gasteiger partial charge in [0.2, 0.25) is 0 Å². The molecule has 0 aromatic heterocycles. The molecule has 0 saturated carbocycles. The minimum absolute atomic E-state index is 0.0752. The predicted octanol–water partition coefficient (Wildman–Crippen LogP) is 4.68. The molecule has 164 valence electrons. The van der Waals surface area contributed by atoms with Crippen molar-refractivity contribution in [2.75, 3.05) is 39.7 Å². The van der Waals surface area contributed by atoms with Gasteiger partial charge in [0, 0.05) is 30.9 Å². The van der Waals surface area contributed by atoms with Crippen molar-refractivity contribution in [2.24, 2.45) is 0 Å². The van der Waals surface area contributed by atoms with E-state index < -0.39 is 0 Å². The van der Waals surface area contributed by atoms with E-state index in [4.69, 9.17) is 4.74 Å². The molecule has 0 amide bonds. The predicted molar refractivity (Wildman–Crippen MR) is 128 cm³/mol. The van der Waals surface area contributed by atoms with E-state index in [0.29, 0.717) is 12.2 Å². The summed E-state index contributed by atoms with van der Waals surface area (Å²) >= 11 is 0. The van der Waals surface area contributed by atoms with Crippen LogP contribution in [-0.4, -0.2) is 46.6 Å². The van der Waals surface area contributed by atoms with Gasteiger partial charge < -0.3 is 15.0 Å². The highest BCUT2D eigenvalue weighted by atomic mass is 16.5. The fourth-order valence-corrected chi connectivity index (χ4v) is 2.46. The van der Waals surface area contributed by atoms with Gasteiger partial charge in [0.25, 0.3) is 0 Å². The first-order chi connectivity index (χ1) is 14.9. The third-order valence-corrected chi connectivity index (χ3v) is 3.97. The van der Waals surface area contributed by atoms with Gasteiger partial charge in [-0.3, -0.25) is 4.79 Å². The molecule has 3 rings (SSSR count). The molecule has 0 aliphatic carbocycles. The lowest BCUT2D eigenvalue weighted by molar-refractivity contribution is 0.0526. The van der Waals surface area contributed by atoms with Crippen LogP contribution in [-0.2, 0) is 4.74 Å². The summed E-state index contributed by atoms with van der Waals surface area (Å²) < 4.78 is 4.88. The molecular weight excluding hydrogens is 388 g/mol. The van der Waals surface area contributed by atoms with Gasteiger partial charge in [0.1, 0.15) is 0 Å². The zero-order chi connectivity index (χ0) is 23.1. The van der Waals surface area contributed by atoms with E-state index in [-0.39, 0.29) is 11.8 Å². The van der Waals surface area contributed by atoms with Crippen molar-refractivity contribution in [3.63, 3.8) is 0 Å². The minimum atomic E-state index is -0.266. The zero-order valence-corrected chi connectivity index (χ0v) is 19.0. The Hall–Kier alpha value is -3.44. The molecule has 3 aromatic carbocycles. The van der Waals surface area contributed by atoms with Gasteiger partial charge in [0.05, 0.1) is 12.2 Å². The van der Waals surface area contributed by atoms with Crippen LogP contribution in [0.5, 0.6) is 0 Å². The van der Waals surface area contributed by atoms with Crippen LogP contribution in [0.1, 0.15) is 33.2 Å². The maximum atomic E-state index is 11.8. The van der Waals surface area contributed by atoms with Crippen molar-refractivity contribution >= 4 is 17.4 Å². The smallest absolute Gasteiger partial charge is 0.338 e. The van der Waals surface area contributed by atoms with Crippen LogP contribution in [0.3, 0.4) is 0 Å². The standard InChI is InChI=1S/C13H10O.C11H15NO2.C2H7N/c14-13(11-7-3-1-4-8-11)12-9-5-2-6-10-12;1-4-14-11(13)9-5-7-10(8-6-9)12(2)3;1-3-2/h1-10H;5-8H,4H2,1-3H3;3H,1-2H3. The molecule has 0 aliphatic rings. The Morgan fingerprint density at radius 3 is 1.52 bits per heavy atom. The number of nitrogens with one attached hydrogen (secondary N) is 1. The molecule has 0 saturated heterocycles. The molecule has 0 atom stereocenters. The second-order valence-corrected chi connectivity index (χ2v) is 6.72. The number of hydrogen-bond acceptors (Lipinski definition) is 5. The van der Waals surface area contributed by atoms with Gasteiger partial charge in [-0.25, -0.2) is 4.79 Å². The molecular formula is C26H32N2O3. The first-order valence-corrected chi connectivity index (χ1v) is 10.1. The lowest BCUT2D eigenvalue weighted by atomic mass is 10.0. The number of benzene rings is 3. The van der Waals surface area contributed by atoms with E-state index in [9.17, 15) is 9.59 Å². The summed E-state index contributed by atoms with van der Waals surface area (Å²) in [5.41, 5.74) is 3.13. The number of esters is 1. The average molecular weight is 421 g/mol. The quantitative estimate of drug-likeness (QED) is 0.480. The van der Waals surface area contributed by atoms with Gasteiger partial charge in [-0.15, -0.1) is 0 Å². The van der Waals surface area contributed by atoms with E-state index in [2.05, 4.69) is 5.32 Å². The lowest BCUT2D eigenvalue weighted by Crippen LogP contribution is -2.09. The number of carbonyl (C=O) groups is 2. The van der Waals surface area contributed by atoms with Crippen molar-refractivity contribution in [2.45, 2.75) is 6.92 Å². The highest BCUT2D eigenvalue weighted by Gasteiger charge is 2.06. The van der Waals surface area contributed by atoms with Crippen LogP contribution >= 0.6 is 0 Å². The molecule has 31 heavy (non-hydrogen) atoms. The summed E-state index contributed by atoms with van der Waals surface area (Å²) in [6.07, 6.45) is 0. The van der Waals surface area contributed by atoms with Gasteiger partial charge in [-0.1, -0.05) is 60.7 Å². The molecule has 0 unspecified atom stereocenters. The number of hydrogen-bond donors (Lipinski definition) is 1. The highest BCUT2D eigenvalue weighted by molar-refractivity contribution is 6.08. The Bertz CT molecular complexity index is 851. The molecule has 0 radical (unpaired) electrons. The van der Waals surface area contributed by atoms with Gasteiger partial charge >= 0.3 is 5.97 Å². The fraction of sp³-hybridized carbons (Fsp3) is 0.231. The normalized spacial score (nSPS) is 9.32. The van der Waals surface area contributed by atoms with Crippen molar-refractivity contribution in [1.82, 2.24) is 5.32 Å². The Balaban J connectivity index is 0.000000275. The lowest BCUT2D eigenvalue weighted by Gasteiger charge is -2.12. The summed E-state index contributed by atoms with van der Waals surface area (Å²) in [5, 5.41) is 2.75. The largest absolute Gasteiger partial charge is 0.462 e.